The van der Waals surface area contributed by atoms with Crippen LogP contribution in [0.25, 0.3) is 11.0 Å². The molecule has 0 fully saturated rings. The summed E-state index contributed by atoms with van der Waals surface area (Å²) >= 11 is 0. The Labute approximate surface area is 193 Å². The van der Waals surface area contributed by atoms with Gasteiger partial charge in [0, 0.05) is 20.4 Å². The number of nitrogen functional groups attached to an aromatic ring is 1. The maximum absolute atomic E-state index is 11.2. The van der Waals surface area contributed by atoms with Gasteiger partial charge in [0.2, 0.25) is 5.95 Å². The van der Waals surface area contributed by atoms with Crippen LogP contribution in [-0.2, 0) is 25.8 Å². The summed E-state index contributed by atoms with van der Waals surface area (Å²) in [5.41, 5.74) is 5.78. The van der Waals surface area contributed by atoms with E-state index in [0.717, 1.165) is 6.42 Å². The van der Waals surface area contributed by atoms with Gasteiger partial charge in [0.15, 0.2) is 0 Å². The Kier molecular flexibility index (Phi) is 10.8. The molecule has 0 saturated heterocycles. The minimum absolute atomic E-state index is 0.00528. The highest BCUT2D eigenvalue weighted by Gasteiger charge is 2.17. The van der Waals surface area contributed by atoms with Crippen molar-refractivity contribution in [2.45, 2.75) is 19.4 Å². The number of nitrogens with zero attached hydrogens (tertiary/aromatic N) is 2. The second kappa shape index (κ2) is 13.5. The van der Waals surface area contributed by atoms with Crippen molar-refractivity contribution in [3.05, 3.63) is 52.9 Å². The Balaban J connectivity index is 0.000000268. The van der Waals surface area contributed by atoms with E-state index in [2.05, 4.69) is 19.8 Å². The van der Waals surface area contributed by atoms with Crippen molar-refractivity contribution in [3.8, 4) is 5.75 Å². The van der Waals surface area contributed by atoms with E-state index < -0.39 is 8.53 Å². The molecule has 0 saturated carbocycles. The third-order valence-corrected chi connectivity index (χ3v) is 5.61. The van der Waals surface area contributed by atoms with Crippen molar-refractivity contribution >= 4 is 31.5 Å². The van der Waals surface area contributed by atoms with Crippen molar-refractivity contribution in [3.63, 3.8) is 0 Å². The van der Waals surface area contributed by atoms with Crippen molar-refractivity contribution < 1.29 is 23.3 Å². The fraction of sp³-hybridized carbons (Fsp3) is 0.381. The standard InChI is InChI=1S/C14H22NO5P.C7H8N4O/c1-4-12(17-2)11-19-21(15-10-14(16)18-3)20-13-8-6-5-7-9-13;1-11-3-2-4-5(11)9-7(8)10-6(4)12/h5-9,12,15H,4,10-11H2,1-3H3;2-3H,1H3,(H3,8,9,10,12). The molecule has 1 aromatic carbocycles. The number of nitrogens with two attached hydrogens (primary N) is 1. The predicted octanol–water partition coefficient (Wildman–Crippen LogP) is 2.34. The third-order valence-electron chi connectivity index (χ3n) is 4.43. The summed E-state index contributed by atoms with van der Waals surface area (Å²) in [4.78, 5) is 28.8. The predicted molar refractivity (Wildman–Crippen MR) is 127 cm³/mol. The normalized spacial score (nSPS) is 12.5. The molecule has 0 amide bonds. The zero-order valence-corrected chi connectivity index (χ0v) is 20.0. The number of rotatable bonds is 10. The Bertz CT molecular complexity index is 1050. The highest BCUT2D eigenvalue weighted by atomic mass is 31.2. The SMILES string of the molecule is CCC(COP(NCC(=O)OC)Oc1ccccc1)OC.Cn1ccc2c(=O)[nH]c(N)nc21. The van der Waals surface area contributed by atoms with Crippen molar-refractivity contribution in [2.24, 2.45) is 7.05 Å². The molecule has 2 heterocycles. The number of H-pyrrole nitrogens is 1. The molecule has 12 heteroatoms. The number of para-hydroxylation sites is 1. The van der Waals surface area contributed by atoms with Crippen LogP contribution in [0.4, 0.5) is 5.95 Å². The molecule has 4 N–H and O–H groups in total. The van der Waals surface area contributed by atoms with E-state index in [4.69, 9.17) is 19.5 Å². The Hall–Kier alpha value is -2.98. The van der Waals surface area contributed by atoms with Gasteiger partial charge in [-0.1, -0.05) is 25.1 Å². The van der Waals surface area contributed by atoms with E-state index in [0.29, 0.717) is 23.4 Å². The Morgan fingerprint density at radius 2 is 2.00 bits per heavy atom. The molecular formula is C21H30N5O6P. The van der Waals surface area contributed by atoms with E-state index >= 15 is 0 Å². The van der Waals surface area contributed by atoms with E-state index in [-0.39, 0.29) is 30.1 Å². The summed E-state index contributed by atoms with van der Waals surface area (Å²) < 4.78 is 23.0. The van der Waals surface area contributed by atoms with Gasteiger partial charge in [-0.25, -0.2) is 5.09 Å². The van der Waals surface area contributed by atoms with Gasteiger partial charge >= 0.3 is 14.5 Å². The van der Waals surface area contributed by atoms with Gasteiger partial charge in [0.25, 0.3) is 5.56 Å². The van der Waals surface area contributed by atoms with E-state index in [1.54, 1.807) is 23.9 Å². The molecule has 0 aliphatic carbocycles. The molecule has 0 aliphatic rings. The number of hydrogen-bond acceptors (Lipinski definition) is 9. The van der Waals surface area contributed by atoms with Gasteiger partial charge < -0.3 is 28.8 Å². The number of nitrogens with one attached hydrogen (secondary N) is 2. The molecule has 3 rings (SSSR count). The number of aromatic nitrogens is 3. The summed E-state index contributed by atoms with van der Waals surface area (Å²) in [6.45, 7) is 2.43. The topological polar surface area (TPSA) is 143 Å². The van der Waals surface area contributed by atoms with Gasteiger partial charge in [-0.2, -0.15) is 4.98 Å². The van der Waals surface area contributed by atoms with E-state index in [9.17, 15) is 9.59 Å². The average molecular weight is 479 g/mol. The summed E-state index contributed by atoms with van der Waals surface area (Å²) in [6.07, 6.45) is 2.60. The van der Waals surface area contributed by atoms with E-state index in [1.165, 1.54) is 7.11 Å². The first-order valence-electron chi connectivity index (χ1n) is 10.2. The molecule has 2 atom stereocenters. The second-order valence-electron chi connectivity index (χ2n) is 6.75. The quantitative estimate of drug-likeness (QED) is 0.295. The molecule has 33 heavy (non-hydrogen) atoms. The lowest BCUT2D eigenvalue weighted by Gasteiger charge is -2.20. The number of carbonyl (C=O) groups excluding carboxylic acids is 1. The van der Waals surface area contributed by atoms with Gasteiger partial charge in [0.05, 0.1) is 25.2 Å². The fourth-order valence-electron chi connectivity index (χ4n) is 2.55. The number of anilines is 1. The number of carbonyl (C=O) groups is 1. The summed E-state index contributed by atoms with van der Waals surface area (Å²) in [5, 5.41) is 3.47. The first kappa shape index (κ1) is 26.3. The molecule has 180 valence electrons. The van der Waals surface area contributed by atoms with Crippen molar-refractivity contribution in [1.29, 1.82) is 0 Å². The van der Waals surface area contributed by atoms with Crippen LogP contribution in [0.15, 0.2) is 47.4 Å². The van der Waals surface area contributed by atoms with Gasteiger partial charge in [-0.15, -0.1) is 0 Å². The minimum Gasteiger partial charge on any atom is -0.468 e. The molecule has 0 bridgehead atoms. The number of ether oxygens (including phenoxy) is 2. The molecule has 0 aliphatic heterocycles. The number of fused-ring (bicyclic) bond motifs is 1. The first-order valence-corrected chi connectivity index (χ1v) is 11.4. The van der Waals surface area contributed by atoms with Crippen LogP contribution >= 0.6 is 8.53 Å². The highest BCUT2D eigenvalue weighted by molar-refractivity contribution is 7.45. The van der Waals surface area contributed by atoms with Crippen molar-refractivity contribution in [1.82, 2.24) is 19.6 Å². The number of benzene rings is 1. The van der Waals surface area contributed by atoms with Crippen LogP contribution in [0.1, 0.15) is 13.3 Å². The van der Waals surface area contributed by atoms with Crippen LogP contribution in [0.5, 0.6) is 5.75 Å². The van der Waals surface area contributed by atoms with Gasteiger partial charge in [-0.05, 0) is 24.6 Å². The highest BCUT2D eigenvalue weighted by Crippen LogP contribution is 2.35. The largest absolute Gasteiger partial charge is 0.468 e. The second-order valence-corrected chi connectivity index (χ2v) is 8.02. The van der Waals surface area contributed by atoms with Crippen molar-refractivity contribution in [2.75, 3.05) is 33.1 Å². The molecule has 2 unspecified atom stereocenters. The van der Waals surface area contributed by atoms with E-state index in [1.807, 2.05) is 44.3 Å². The maximum Gasteiger partial charge on any atom is 0.320 e. The fourth-order valence-corrected chi connectivity index (χ4v) is 3.63. The molecule has 11 nitrogen and oxygen atoms in total. The van der Waals surface area contributed by atoms with Crippen LogP contribution < -0.4 is 20.9 Å². The summed E-state index contributed by atoms with van der Waals surface area (Å²) in [7, 11) is 3.34. The van der Waals surface area contributed by atoms with Crippen LogP contribution in [0.3, 0.4) is 0 Å². The van der Waals surface area contributed by atoms with Crippen LogP contribution in [0.2, 0.25) is 0 Å². The summed E-state index contributed by atoms with van der Waals surface area (Å²) in [6, 6.07) is 11.0. The van der Waals surface area contributed by atoms with Gasteiger partial charge in [-0.3, -0.25) is 14.6 Å². The van der Waals surface area contributed by atoms with Crippen LogP contribution in [-0.4, -0.2) is 54.0 Å². The Morgan fingerprint density at radius 3 is 2.64 bits per heavy atom. The molecule has 3 aromatic rings. The zero-order chi connectivity index (χ0) is 24.2. The molecule has 0 radical (unpaired) electrons. The lowest BCUT2D eigenvalue weighted by molar-refractivity contribution is -0.139. The lowest BCUT2D eigenvalue weighted by Crippen LogP contribution is -2.24. The summed E-state index contributed by atoms with van der Waals surface area (Å²) in [5.74, 6) is 0.447. The average Bonchev–Trinajstić information content (AvgIpc) is 3.19. The number of hydrogen-bond donors (Lipinski definition) is 3. The molecular weight excluding hydrogens is 449 g/mol. The number of methoxy groups -OCH3 is 2. The Morgan fingerprint density at radius 1 is 1.27 bits per heavy atom. The molecule has 2 aromatic heterocycles. The third kappa shape index (κ3) is 8.47. The maximum atomic E-state index is 11.2. The zero-order valence-electron chi connectivity index (χ0n) is 19.1. The lowest BCUT2D eigenvalue weighted by atomic mass is 10.3. The van der Waals surface area contributed by atoms with Crippen LogP contribution in [0, 0.1) is 0 Å². The first-order chi connectivity index (χ1) is 15.9. The number of aromatic amines is 1. The number of esters is 1. The smallest absolute Gasteiger partial charge is 0.320 e. The monoisotopic (exact) mass is 479 g/mol. The molecule has 0 spiro atoms. The van der Waals surface area contributed by atoms with Gasteiger partial charge in [0.1, 0.15) is 17.9 Å². The number of aryl methyl sites for hydroxylation is 1. The minimum atomic E-state index is -1.45.